The van der Waals surface area contributed by atoms with E-state index < -0.39 is 16.0 Å². The van der Waals surface area contributed by atoms with Crippen LogP contribution >= 0.6 is 0 Å². The van der Waals surface area contributed by atoms with Gasteiger partial charge in [0.1, 0.15) is 0 Å². The van der Waals surface area contributed by atoms with Gasteiger partial charge in [0.25, 0.3) is 0 Å². The molecule has 2 unspecified atom stereocenters. The van der Waals surface area contributed by atoms with E-state index >= 15 is 0 Å². The summed E-state index contributed by atoms with van der Waals surface area (Å²) in [6.07, 6.45) is 1.05. The lowest BCUT2D eigenvalue weighted by atomic mass is 10.0. The van der Waals surface area contributed by atoms with E-state index in [2.05, 4.69) is 0 Å². The molecule has 6 heteroatoms. The Morgan fingerprint density at radius 2 is 1.76 bits per heavy atom. The summed E-state index contributed by atoms with van der Waals surface area (Å²) in [4.78, 5) is 0.414. The van der Waals surface area contributed by atoms with Gasteiger partial charge in [0.2, 0.25) is 6.21 Å². The van der Waals surface area contributed by atoms with E-state index in [1.807, 2.05) is 42.5 Å². The fourth-order valence-corrected chi connectivity index (χ4v) is 3.99. The molecule has 3 aromatic rings. The summed E-state index contributed by atoms with van der Waals surface area (Å²) in [6.45, 7) is -0.246. The Morgan fingerprint density at radius 3 is 2.44 bits per heavy atom. The maximum Gasteiger partial charge on any atom is 0.240 e. The van der Waals surface area contributed by atoms with Crippen molar-refractivity contribution >= 4 is 27.8 Å². The molecule has 0 aliphatic carbocycles. The van der Waals surface area contributed by atoms with E-state index in [1.54, 1.807) is 24.3 Å². The highest BCUT2D eigenvalue weighted by Gasteiger charge is 2.20. The standard InChI is InChI=1S/C19H17NO4S/c21-13-19(25(24)18-4-2-1-3-5-18)16-9-8-15-7-6-14(12-20(22)23)10-17(15)11-16/h1-12,19,21H,13H2,(H,22,23). The smallest absolute Gasteiger partial charge is 0.240 e. The zero-order valence-electron chi connectivity index (χ0n) is 13.3. The average Bonchev–Trinajstić information content (AvgIpc) is 2.62. The van der Waals surface area contributed by atoms with Gasteiger partial charge in [-0.25, -0.2) is 0 Å². The number of hydrogen-bond acceptors (Lipinski definition) is 4. The minimum atomic E-state index is -1.39. The van der Waals surface area contributed by atoms with E-state index in [-0.39, 0.29) is 11.5 Å². The first-order chi connectivity index (χ1) is 12.1. The summed E-state index contributed by atoms with van der Waals surface area (Å²) < 4.78 is 12.8. The number of rotatable bonds is 5. The second kappa shape index (κ2) is 7.46. The number of benzene rings is 3. The van der Waals surface area contributed by atoms with Crippen molar-refractivity contribution in [3.05, 3.63) is 83.1 Å². The summed E-state index contributed by atoms with van der Waals surface area (Å²) in [5, 5.41) is 30.6. The highest BCUT2D eigenvalue weighted by atomic mass is 32.2. The van der Waals surface area contributed by atoms with Crippen LogP contribution in [0.3, 0.4) is 0 Å². The number of aliphatic hydroxyl groups is 1. The lowest BCUT2D eigenvalue weighted by molar-refractivity contribution is -0.722. The molecule has 0 heterocycles. The SMILES string of the molecule is O=S(c1ccccc1)C(CO)c1ccc2ccc(C=[N+]([O-])O)cc2c1. The van der Waals surface area contributed by atoms with Gasteiger partial charge in [-0.1, -0.05) is 36.4 Å². The monoisotopic (exact) mass is 355 g/mol. The van der Waals surface area contributed by atoms with E-state index in [4.69, 9.17) is 5.21 Å². The van der Waals surface area contributed by atoms with Crippen LogP contribution in [0.4, 0.5) is 0 Å². The molecule has 0 aliphatic rings. The van der Waals surface area contributed by atoms with Crippen molar-refractivity contribution in [3.63, 3.8) is 0 Å². The van der Waals surface area contributed by atoms with Gasteiger partial charge in [0.05, 0.1) is 22.7 Å². The van der Waals surface area contributed by atoms with Crippen LogP contribution in [-0.2, 0) is 10.8 Å². The van der Waals surface area contributed by atoms with Crippen molar-refractivity contribution in [2.45, 2.75) is 10.1 Å². The van der Waals surface area contributed by atoms with Gasteiger partial charge >= 0.3 is 0 Å². The molecule has 2 atom stereocenters. The number of hydrogen-bond donors (Lipinski definition) is 2. The predicted octanol–water partition coefficient (Wildman–Crippen LogP) is 3.00. The Labute approximate surface area is 147 Å². The fourth-order valence-electron chi connectivity index (χ4n) is 2.71. The van der Waals surface area contributed by atoms with Gasteiger partial charge in [0, 0.05) is 15.4 Å². The quantitative estimate of drug-likeness (QED) is 0.319. The predicted molar refractivity (Wildman–Crippen MR) is 97.2 cm³/mol. The molecule has 0 spiro atoms. The molecule has 5 nitrogen and oxygen atoms in total. The van der Waals surface area contributed by atoms with Crippen LogP contribution in [0.5, 0.6) is 0 Å². The van der Waals surface area contributed by atoms with Gasteiger partial charge in [-0.15, -0.1) is 0 Å². The summed E-state index contributed by atoms with van der Waals surface area (Å²) >= 11 is 0. The Morgan fingerprint density at radius 1 is 1.04 bits per heavy atom. The molecule has 0 aliphatic heterocycles. The summed E-state index contributed by atoms with van der Waals surface area (Å²) in [5.41, 5.74) is 1.30. The second-order valence-corrected chi connectivity index (χ2v) is 7.21. The molecular weight excluding hydrogens is 338 g/mol. The van der Waals surface area contributed by atoms with Gasteiger partial charge in [-0.05, 0) is 46.7 Å². The molecule has 0 bridgehead atoms. The van der Waals surface area contributed by atoms with E-state index in [1.165, 1.54) is 0 Å². The third-order valence-corrected chi connectivity index (χ3v) is 5.59. The molecule has 25 heavy (non-hydrogen) atoms. The second-order valence-electron chi connectivity index (χ2n) is 5.58. The molecule has 0 amide bonds. The maximum atomic E-state index is 12.8. The van der Waals surface area contributed by atoms with Gasteiger partial charge in [0.15, 0.2) is 0 Å². The molecule has 0 radical (unpaired) electrons. The lowest BCUT2D eigenvalue weighted by Crippen LogP contribution is -2.11. The third kappa shape index (κ3) is 3.87. The first-order valence-corrected chi connectivity index (χ1v) is 8.90. The first-order valence-electron chi connectivity index (χ1n) is 7.69. The topological polar surface area (TPSA) is 83.6 Å². The van der Waals surface area contributed by atoms with E-state index in [0.29, 0.717) is 10.5 Å². The third-order valence-electron chi connectivity index (χ3n) is 3.92. The Balaban J connectivity index is 2.01. The zero-order valence-corrected chi connectivity index (χ0v) is 14.1. The number of aliphatic hydroxyl groups excluding tert-OH is 1. The van der Waals surface area contributed by atoms with Gasteiger partial charge in [-0.3, -0.25) is 9.42 Å². The zero-order chi connectivity index (χ0) is 17.8. The van der Waals surface area contributed by atoms with Crippen LogP contribution in [-0.4, -0.2) is 32.2 Å². The van der Waals surface area contributed by atoms with Crippen LogP contribution in [0.1, 0.15) is 16.4 Å². The molecule has 0 saturated carbocycles. The van der Waals surface area contributed by atoms with E-state index in [9.17, 15) is 14.5 Å². The molecule has 128 valence electrons. The normalized spacial score (nSPS) is 14.4. The summed E-state index contributed by atoms with van der Waals surface area (Å²) in [5.74, 6) is 0. The maximum absolute atomic E-state index is 12.8. The molecule has 0 saturated heterocycles. The van der Waals surface area contributed by atoms with Crippen molar-refractivity contribution in [3.8, 4) is 0 Å². The Hall–Kier alpha value is -2.70. The summed E-state index contributed by atoms with van der Waals surface area (Å²) in [6, 6.07) is 19.9. The van der Waals surface area contributed by atoms with E-state index in [0.717, 1.165) is 22.6 Å². The lowest BCUT2D eigenvalue weighted by Gasteiger charge is -2.15. The van der Waals surface area contributed by atoms with Crippen molar-refractivity contribution < 1.29 is 19.4 Å². The van der Waals surface area contributed by atoms with Crippen LogP contribution in [0.15, 0.2) is 71.6 Å². The van der Waals surface area contributed by atoms with Crippen LogP contribution < -0.4 is 0 Å². The molecule has 0 fully saturated rings. The van der Waals surface area contributed by atoms with Crippen molar-refractivity contribution in [1.29, 1.82) is 0 Å². The largest absolute Gasteiger partial charge is 0.418 e. The molecule has 2 N–H and O–H groups in total. The van der Waals surface area contributed by atoms with Crippen LogP contribution in [0.2, 0.25) is 0 Å². The fraction of sp³-hybridized carbons (Fsp3) is 0.105. The van der Waals surface area contributed by atoms with Gasteiger partial charge in [-0.2, -0.15) is 0 Å². The van der Waals surface area contributed by atoms with Crippen LogP contribution in [0, 0.1) is 5.21 Å². The Kier molecular flexibility index (Phi) is 5.11. The van der Waals surface area contributed by atoms with Crippen molar-refractivity contribution in [1.82, 2.24) is 0 Å². The molecule has 3 aromatic carbocycles. The van der Waals surface area contributed by atoms with Crippen LogP contribution in [0.25, 0.3) is 10.8 Å². The highest BCUT2D eigenvalue weighted by Crippen LogP contribution is 2.28. The van der Waals surface area contributed by atoms with Gasteiger partial charge < -0.3 is 10.3 Å². The average molecular weight is 355 g/mol. The minimum Gasteiger partial charge on any atom is -0.418 e. The number of fused-ring (bicyclic) bond motifs is 1. The minimum absolute atomic E-state index is 0.244. The molecule has 3 rings (SSSR count). The molecule has 0 aromatic heterocycles. The number of nitrogens with zero attached hydrogens (tertiary/aromatic N) is 1. The summed E-state index contributed by atoms with van der Waals surface area (Å²) in [7, 11) is -1.39. The molecular formula is C19H17NO4S. The van der Waals surface area contributed by atoms with Crippen molar-refractivity contribution in [2.75, 3.05) is 6.61 Å². The Bertz CT molecular complexity index is 937. The van der Waals surface area contributed by atoms with Crippen molar-refractivity contribution in [2.24, 2.45) is 0 Å². The highest BCUT2D eigenvalue weighted by molar-refractivity contribution is 7.85. The first kappa shape index (κ1) is 17.1.